The second-order valence-corrected chi connectivity index (χ2v) is 4.65. The molecule has 0 bridgehead atoms. The van der Waals surface area contributed by atoms with Crippen LogP contribution in [0.15, 0.2) is 29.1 Å². The van der Waals surface area contributed by atoms with Gasteiger partial charge in [0.1, 0.15) is 0 Å². The van der Waals surface area contributed by atoms with Crippen molar-refractivity contribution in [2.75, 3.05) is 0 Å². The van der Waals surface area contributed by atoms with E-state index in [0.29, 0.717) is 0 Å². The molecule has 0 aliphatic heterocycles. The van der Waals surface area contributed by atoms with Crippen LogP contribution in [-0.2, 0) is 12.8 Å². The largest absolute Gasteiger partial charge is 0.494 e. The standard InChI is InChI=1S/C14H16N2O2S/c1-3-9-6-5-7-10(4-2)13(9)16-12(18)8-11(17)15-14(16)19/h5-8,18H,3-4H2,1-2H3,(H,15,17,19). The van der Waals surface area contributed by atoms with Gasteiger partial charge in [0.05, 0.1) is 11.8 Å². The topological polar surface area (TPSA) is 58.0 Å². The highest BCUT2D eigenvalue weighted by atomic mass is 32.1. The average molecular weight is 276 g/mol. The van der Waals surface area contributed by atoms with Crippen LogP contribution in [0.4, 0.5) is 0 Å². The molecule has 0 spiro atoms. The summed E-state index contributed by atoms with van der Waals surface area (Å²) in [5.74, 6) is -0.135. The Hall–Kier alpha value is -1.88. The number of hydrogen-bond donors (Lipinski definition) is 2. The molecule has 0 amide bonds. The number of aromatic hydroxyl groups is 1. The third-order valence-electron chi connectivity index (χ3n) is 3.11. The van der Waals surface area contributed by atoms with Gasteiger partial charge in [0.15, 0.2) is 4.77 Å². The summed E-state index contributed by atoms with van der Waals surface area (Å²) in [7, 11) is 0. The zero-order chi connectivity index (χ0) is 14.0. The Bertz CT molecular complexity index is 694. The second-order valence-electron chi connectivity index (χ2n) is 4.26. The summed E-state index contributed by atoms with van der Waals surface area (Å²) in [5.41, 5.74) is 2.63. The molecule has 0 unspecified atom stereocenters. The van der Waals surface area contributed by atoms with Gasteiger partial charge in [-0.3, -0.25) is 14.3 Å². The average Bonchev–Trinajstić information content (AvgIpc) is 2.37. The van der Waals surface area contributed by atoms with E-state index >= 15 is 0 Å². The van der Waals surface area contributed by atoms with Gasteiger partial charge in [-0.05, 0) is 36.2 Å². The van der Waals surface area contributed by atoms with Crippen molar-refractivity contribution in [3.8, 4) is 11.6 Å². The van der Waals surface area contributed by atoms with E-state index in [-0.39, 0.29) is 10.7 Å². The molecule has 2 aromatic rings. The summed E-state index contributed by atoms with van der Waals surface area (Å²) < 4.78 is 1.73. The van der Waals surface area contributed by atoms with Crippen molar-refractivity contribution in [1.29, 1.82) is 0 Å². The molecule has 1 heterocycles. The van der Waals surface area contributed by atoms with Crippen molar-refractivity contribution >= 4 is 12.2 Å². The van der Waals surface area contributed by atoms with Crippen LogP contribution in [0.1, 0.15) is 25.0 Å². The number of aryl methyl sites for hydroxylation is 2. The Labute approximate surface area is 116 Å². The van der Waals surface area contributed by atoms with Crippen LogP contribution in [0.3, 0.4) is 0 Å². The Kier molecular flexibility index (Phi) is 3.85. The van der Waals surface area contributed by atoms with Gasteiger partial charge in [0.25, 0.3) is 5.56 Å². The maximum atomic E-state index is 11.3. The lowest BCUT2D eigenvalue weighted by Crippen LogP contribution is -2.13. The number of nitrogens with one attached hydrogen (secondary N) is 1. The molecule has 0 aliphatic carbocycles. The monoisotopic (exact) mass is 276 g/mol. The van der Waals surface area contributed by atoms with Gasteiger partial charge < -0.3 is 5.11 Å². The van der Waals surface area contributed by atoms with Gasteiger partial charge in [-0.15, -0.1) is 0 Å². The first-order valence-corrected chi connectivity index (χ1v) is 6.65. The van der Waals surface area contributed by atoms with E-state index in [9.17, 15) is 9.90 Å². The number of nitrogens with zero attached hydrogens (tertiary/aromatic N) is 1. The molecule has 2 N–H and O–H groups in total. The molecule has 5 heteroatoms. The lowest BCUT2D eigenvalue weighted by atomic mass is 10.0. The Balaban J connectivity index is 2.86. The van der Waals surface area contributed by atoms with Gasteiger partial charge in [-0.1, -0.05) is 32.0 Å². The van der Waals surface area contributed by atoms with Crippen molar-refractivity contribution in [3.05, 3.63) is 50.5 Å². The third kappa shape index (κ3) is 2.46. The van der Waals surface area contributed by atoms with E-state index in [0.717, 1.165) is 35.7 Å². The minimum atomic E-state index is -0.397. The predicted molar refractivity (Wildman–Crippen MR) is 77.6 cm³/mol. The Morgan fingerprint density at radius 1 is 1.26 bits per heavy atom. The van der Waals surface area contributed by atoms with Gasteiger partial charge in [0, 0.05) is 0 Å². The number of aromatic nitrogens is 2. The quantitative estimate of drug-likeness (QED) is 0.847. The van der Waals surface area contributed by atoms with Crippen LogP contribution in [0, 0.1) is 4.77 Å². The van der Waals surface area contributed by atoms with E-state index in [2.05, 4.69) is 4.98 Å². The Morgan fingerprint density at radius 3 is 2.32 bits per heavy atom. The highest BCUT2D eigenvalue weighted by Crippen LogP contribution is 2.24. The molecule has 2 rings (SSSR count). The third-order valence-corrected chi connectivity index (χ3v) is 3.40. The molecule has 0 fully saturated rings. The van der Waals surface area contributed by atoms with Crippen LogP contribution < -0.4 is 5.56 Å². The summed E-state index contributed by atoms with van der Waals surface area (Å²) in [6.07, 6.45) is 1.65. The first-order chi connectivity index (χ1) is 9.08. The molecule has 100 valence electrons. The molecule has 1 aromatic carbocycles. The van der Waals surface area contributed by atoms with Gasteiger partial charge in [0.2, 0.25) is 5.88 Å². The van der Waals surface area contributed by atoms with Crippen molar-refractivity contribution < 1.29 is 5.11 Å². The van der Waals surface area contributed by atoms with Crippen molar-refractivity contribution in [1.82, 2.24) is 9.55 Å². The fraction of sp³-hybridized carbons (Fsp3) is 0.286. The Morgan fingerprint density at radius 2 is 1.84 bits per heavy atom. The zero-order valence-electron chi connectivity index (χ0n) is 10.9. The van der Waals surface area contributed by atoms with Gasteiger partial charge >= 0.3 is 0 Å². The number of benzene rings is 1. The fourth-order valence-electron chi connectivity index (χ4n) is 2.20. The molecular weight excluding hydrogens is 260 g/mol. The van der Waals surface area contributed by atoms with Gasteiger partial charge in [-0.2, -0.15) is 0 Å². The number of hydrogen-bond acceptors (Lipinski definition) is 3. The van der Waals surface area contributed by atoms with E-state index in [1.165, 1.54) is 4.57 Å². The van der Waals surface area contributed by atoms with Crippen molar-refractivity contribution in [3.63, 3.8) is 0 Å². The van der Waals surface area contributed by atoms with Gasteiger partial charge in [-0.25, -0.2) is 0 Å². The molecule has 1 aromatic heterocycles. The molecule has 19 heavy (non-hydrogen) atoms. The summed E-state index contributed by atoms with van der Waals surface area (Å²) in [6.45, 7) is 4.09. The molecule has 0 aliphatic rings. The van der Waals surface area contributed by atoms with E-state index in [1.54, 1.807) is 0 Å². The zero-order valence-corrected chi connectivity index (χ0v) is 11.8. The van der Waals surface area contributed by atoms with Crippen LogP contribution in [0.25, 0.3) is 5.69 Å². The number of H-pyrrole nitrogens is 1. The molecule has 0 radical (unpaired) electrons. The fourth-order valence-corrected chi connectivity index (χ4v) is 2.49. The molecule has 0 saturated heterocycles. The summed E-state index contributed by atoms with van der Waals surface area (Å²) in [5, 5.41) is 10.0. The number of para-hydroxylation sites is 1. The molecule has 4 nitrogen and oxygen atoms in total. The predicted octanol–water partition coefficient (Wildman–Crippen LogP) is 2.73. The first-order valence-electron chi connectivity index (χ1n) is 6.25. The lowest BCUT2D eigenvalue weighted by Gasteiger charge is -2.17. The highest BCUT2D eigenvalue weighted by Gasteiger charge is 2.12. The normalized spacial score (nSPS) is 10.6. The maximum Gasteiger partial charge on any atom is 0.255 e. The van der Waals surface area contributed by atoms with E-state index in [4.69, 9.17) is 12.2 Å². The lowest BCUT2D eigenvalue weighted by molar-refractivity contribution is 0.432. The van der Waals surface area contributed by atoms with Crippen LogP contribution in [-0.4, -0.2) is 14.7 Å². The number of aromatic amines is 1. The van der Waals surface area contributed by atoms with Crippen LogP contribution in [0.5, 0.6) is 5.88 Å². The van der Waals surface area contributed by atoms with Crippen LogP contribution >= 0.6 is 12.2 Å². The summed E-state index contributed by atoms with van der Waals surface area (Å²) in [4.78, 5) is 13.9. The molecule has 0 atom stereocenters. The maximum absolute atomic E-state index is 11.3. The molecule has 0 saturated carbocycles. The van der Waals surface area contributed by atoms with Crippen molar-refractivity contribution in [2.45, 2.75) is 26.7 Å². The first kappa shape index (κ1) is 13.5. The molecular formula is C14H16N2O2S. The van der Waals surface area contributed by atoms with E-state index < -0.39 is 5.56 Å². The van der Waals surface area contributed by atoms with E-state index in [1.807, 2.05) is 32.0 Å². The second kappa shape index (κ2) is 5.40. The SMILES string of the molecule is CCc1cccc(CC)c1-n1c(O)cc(=O)[nH]c1=S. The van der Waals surface area contributed by atoms with Crippen LogP contribution in [0.2, 0.25) is 0 Å². The van der Waals surface area contributed by atoms with Crippen molar-refractivity contribution in [2.24, 2.45) is 0 Å². The minimum absolute atomic E-state index is 0.135. The number of rotatable bonds is 3. The summed E-state index contributed by atoms with van der Waals surface area (Å²) in [6, 6.07) is 7.14. The minimum Gasteiger partial charge on any atom is -0.494 e. The smallest absolute Gasteiger partial charge is 0.255 e. The summed E-state index contributed by atoms with van der Waals surface area (Å²) >= 11 is 5.17. The highest BCUT2D eigenvalue weighted by molar-refractivity contribution is 7.71.